The van der Waals surface area contributed by atoms with E-state index in [0.29, 0.717) is 26.9 Å². The largest absolute Gasteiger partial charge is 0.487 e. The third-order valence-electron chi connectivity index (χ3n) is 5.01. The molecule has 1 saturated carbocycles. The van der Waals surface area contributed by atoms with Gasteiger partial charge in [-0.05, 0) is 62.6 Å². The number of benzene rings is 1. The van der Waals surface area contributed by atoms with E-state index in [1.807, 2.05) is 0 Å². The fourth-order valence-corrected chi connectivity index (χ4v) is 4.93. The Morgan fingerprint density at radius 3 is 2.40 bits per heavy atom. The van der Waals surface area contributed by atoms with Crippen LogP contribution in [-0.2, 0) is 14.3 Å². The third kappa shape index (κ3) is 4.80. The predicted octanol–water partition coefficient (Wildman–Crippen LogP) is 1.50. The Balaban J connectivity index is 1.74. The summed E-state index contributed by atoms with van der Waals surface area (Å²) in [7, 11) is 0. The molecule has 0 spiro atoms. The maximum Gasteiger partial charge on any atom is 0.247 e. The third-order valence-corrected chi connectivity index (χ3v) is 6.19. The summed E-state index contributed by atoms with van der Waals surface area (Å²) in [6.45, 7) is 5.48. The monoisotopic (exact) mass is 547 g/mol. The van der Waals surface area contributed by atoms with Crippen LogP contribution in [0, 0.1) is 0 Å². The summed E-state index contributed by atoms with van der Waals surface area (Å²) in [5.41, 5.74) is 1.07. The van der Waals surface area contributed by atoms with E-state index in [9.17, 15) is 20.1 Å². The normalized spacial score (nSPS) is 31.2. The molecule has 2 aliphatic rings. The van der Waals surface area contributed by atoms with Crippen molar-refractivity contribution in [2.45, 2.75) is 43.5 Å². The van der Waals surface area contributed by atoms with Crippen molar-refractivity contribution in [3.8, 4) is 5.75 Å². The van der Waals surface area contributed by atoms with Gasteiger partial charge in [0.2, 0.25) is 5.91 Å². The summed E-state index contributed by atoms with van der Waals surface area (Å²) < 4.78 is 17.5. The van der Waals surface area contributed by atoms with Crippen LogP contribution in [0.5, 0.6) is 5.75 Å². The number of nitrogens with one attached hydrogen (secondary N) is 1. The molecule has 2 fully saturated rings. The number of carbonyl (C=O) groups excluding carboxylic acids is 1. The number of rotatable bonds is 6. The fourth-order valence-electron chi connectivity index (χ4n) is 3.48. The van der Waals surface area contributed by atoms with E-state index in [2.05, 4.69) is 43.8 Å². The molecule has 1 heterocycles. The average molecular weight is 549 g/mol. The average Bonchev–Trinajstić information content (AvgIpc) is 3.19. The van der Waals surface area contributed by atoms with Crippen LogP contribution >= 0.6 is 31.9 Å². The van der Waals surface area contributed by atoms with Crippen molar-refractivity contribution < 1.29 is 34.3 Å². The molecule has 0 unspecified atom stereocenters. The van der Waals surface area contributed by atoms with E-state index in [1.54, 1.807) is 31.2 Å². The molecule has 0 aromatic heterocycles. The molecule has 1 aliphatic carbocycles. The van der Waals surface area contributed by atoms with Crippen molar-refractivity contribution in [3.05, 3.63) is 44.9 Å². The van der Waals surface area contributed by atoms with Crippen LogP contribution in [0.15, 0.2) is 39.3 Å². The van der Waals surface area contributed by atoms with Gasteiger partial charge in [0.15, 0.2) is 0 Å². The zero-order chi connectivity index (χ0) is 22.0. The highest BCUT2D eigenvalue weighted by Gasteiger charge is 2.53. The van der Waals surface area contributed by atoms with E-state index in [4.69, 9.17) is 14.2 Å². The van der Waals surface area contributed by atoms with Gasteiger partial charge in [-0.2, -0.15) is 0 Å². The molecule has 6 atom stereocenters. The van der Waals surface area contributed by atoms with Gasteiger partial charge >= 0.3 is 0 Å². The first kappa shape index (κ1) is 23.4. The minimum absolute atomic E-state index is 0.0912. The Bertz CT molecular complexity index is 823. The van der Waals surface area contributed by atoms with Gasteiger partial charge in [0, 0.05) is 5.57 Å². The molecule has 0 radical (unpaired) electrons. The standard InChI is InChI=1S/C20H23Br2NO7/c1-3-4-28-17-11(21)6-10(7-12(17)22)5-9(2)20(27)23-13-14(24)16(26)19-18(15(13)25)29-8-30-19/h3,5-7,13-16,18-19,24-26H,1,4,8H2,2H3,(H,23,27)/b9-5-/t13-,14+,15-,16-,18+,19-/m1/s1. The van der Waals surface area contributed by atoms with Crippen molar-refractivity contribution in [3.63, 3.8) is 0 Å². The molecule has 1 aromatic rings. The minimum atomic E-state index is -1.40. The highest BCUT2D eigenvalue weighted by atomic mass is 79.9. The fraction of sp³-hybridized carbons (Fsp3) is 0.450. The summed E-state index contributed by atoms with van der Waals surface area (Å²) in [6, 6.07) is 2.48. The van der Waals surface area contributed by atoms with Gasteiger partial charge in [-0.1, -0.05) is 12.7 Å². The number of aliphatic hydroxyl groups is 3. The second kappa shape index (κ2) is 9.90. The Morgan fingerprint density at radius 1 is 1.20 bits per heavy atom. The maximum atomic E-state index is 12.7. The lowest BCUT2D eigenvalue weighted by atomic mass is 9.83. The van der Waals surface area contributed by atoms with Gasteiger partial charge < -0.3 is 34.8 Å². The van der Waals surface area contributed by atoms with Gasteiger partial charge in [0.05, 0.1) is 15.0 Å². The van der Waals surface area contributed by atoms with Crippen LogP contribution in [0.2, 0.25) is 0 Å². The number of aliphatic hydroxyl groups excluding tert-OH is 3. The van der Waals surface area contributed by atoms with E-state index < -0.39 is 42.5 Å². The number of carbonyl (C=O) groups is 1. The van der Waals surface area contributed by atoms with Gasteiger partial charge in [0.1, 0.15) is 49.7 Å². The smallest absolute Gasteiger partial charge is 0.247 e. The lowest BCUT2D eigenvalue weighted by molar-refractivity contribution is -0.155. The summed E-state index contributed by atoms with van der Waals surface area (Å²) in [4.78, 5) is 12.7. The number of hydrogen-bond acceptors (Lipinski definition) is 7. The van der Waals surface area contributed by atoms with Gasteiger partial charge in [-0.25, -0.2) is 0 Å². The molecule has 4 N–H and O–H groups in total. The van der Waals surface area contributed by atoms with Gasteiger partial charge in [0.25, 0.3) is 0 Å². The molecule has 1 amide bonds. The van der Waals surface area contributed by atoms with Gasteiger partial charge in [-0.15, -0.1) is 0 Å². The van der Waals surface area contributed by atoms with Gasteiger partial charge in [-0.3, -0.25) is 4.79 Å². The molecule has 1 saturated heterocycles. The Morgan fingerprint density at radius 2 is 1.80 bits per heavy atom. The summed E-state index contributed by atoms with van der Waals surface area (Å²) in [5, 5.41) is 33.6. The zero-order valence-electron chi connectivity index (χ0n) is 16.1. The van der Waals surface area contributed by atoms with Crippen LogP contribution in [0.3, 0.4) is 0 Å². The van der Waals surface area contributed by atoms with Crippen molar-refractivity contribution in [2.75, 3.05) is 13.4 Å². The molecule has 10 heteroatoms. The highest BCUT2D eigenvalue weighted by Crippen LogP contribution is 2.35. The summed E-state index contributed by atoms with van der Waals surface area (Å²) in [6.07, 6.45) is -2.29. The van der Waals surface area contributed by atoms with Crippen molar-refractivity contribution in [2.24, 2.45) is 0 Å². The van der Waals surface area contributed by atoms with Crippen molar-refractivity contribution in [1.82, 2.24) is 5.32 Å². The van der Waals surface area contributed by atoms with Crippen LogP contribution in [-0.4, -0.2) is 71.2 Å². The number of hydrogen-bond donors (Lipinski definition) is 4. The van der Waals surface area contributed by atoms with Crippen molar-refractivity contribution in [1.29, 1.82) is 0 Å². The first-order chi connectivity index (χ1) is 14.2. The molecule has 1 aromatic carbocycles. The van der Waals surface area contributed by atoms with E-state index in [-0.39, 0.29) is 6.79 Å². The second-order valence-corrected chi connectivity index (χ2v) is 8.80. The molecule has 0 bridgehead atoms. The first-order valence-corrected chi connectivity index (χ1v) is 10.8. The molecule has 8 nitrogen and oxygen atoms in total. The predicted molar refractivity (Wildman–Crippen MR) is 116 cm³/mol. The van der Waals surface area contributed by atoms with Crippen LogP contribution in [0.25, 0.3) is 6.08 Å². The maximum absolute atomic E-state index is 12.7. The molecule has 3 rings (SSSR count). The lowest BCUT2D eigenvalue weighted by Gasteiger charge is -2.41. The molecule has 164 valence electrons. The van der Waals surface area contributed by atoms with E-state index in [0.717, 1.165) is 5.56 Å². The minimum Gasteiger partial charge on any atom is -0.487 e. The van der Waals surface area contributed by atoms with Crippen LogP contribution in [0.4, 0.5) is 0 Å². The first-order valence-electron chi connectivity index (χ1n) is 9.24. The quantitative estimate of drug-likeness (QED) is 0.314. The molecule has 30 heavy (non-hydrogen) atoms. The van der Waals surface area contributed by atoms with E-state index >= 15 is 0 Å². The molecular weight excluding hydrogens is 526 g/mol. The van der Waals surface area contributed by atoms with Crippen LogP contribution in [0.1, 0.15) is 12.5 Å². The Kier molecular flexibility index (Phi) is 7.72. The lowest BCUT2D eigenvalue weighted by Crippen LogP contribution is -2.67. The van der Waals surface area contributed by atoms with E-state index in [1.165, 1.54) is 0 Å². The number of ether oxygens (including phenoxy) is 3. The zero-order valence-corrected chi connectivity index (χ0v) is 19.3. The molecular formula is C20H23Br2NO7. The number of amides is 1. The highest BCUT2D eigenvalue weighted by molar-refractivity contribution is 9.11. The number of halogens is 2. The SMILES string of the molecule is C=CCOc1c(Br)cc(/C=C(/C)C(=O)N[C@@H]2[C@H](O)[C@@H](O)[C@H]3OCO[C@H]3[C@@H]2O)cc1Br. The Hall–Kier alpha value is -1.27. The topological polar surface area (TPSA) is 117 Å². The second-order valence-electron chi connectivity index (χ2n) is 7.09. The van der Waals surface area contributed by atoms with Crippen LogP contribution < -0.4 is 10.1 Å². The summed E-state index contributed by atoms with van der Waals surface area (Å²) >= 11 is 6.89. The van der Waals surface area contributed by atoms with Crippen molar-refractivity contribution >= 4 is 43.8 Å². The Labute approximate surface area is 190 Å². The number of fused-ring (bicyclic) bond motifs is 1. The molecule has 1 aliphatic heterocycles. The summed E-state index contributed by atoms with van der Waals surface area (Å²) in [5.74, 6) is 0.117.